The van der Waals surface area contributed by atoms with Crippen molar-refractivity contribution >= 4 is 5.91 Å². The Labute approximate surface area is 81.8 Å². The fourth-order valence-electron chi connectivity index (χ4n) is 0.873. The van der Waals surface area contributed by atoms with Crippen molar-refractivity contribution in [1.29, 1.82) is 0 Å². The molecule has 1 amide bonds. The molecular weight excluding hydrogens is 196 g/mol. The number of nitrogens with zero attached hydrogens (tertiary/aromatic N) is 1. The van der Waals surface area contributed by atoms with Crippen LogP contribution in [0.1, 0.15) is 0 Å². The molecule has 0 aliphatic carbocycles. The molecule has 4 nitrogen and oxygen atoms in total. The molecule has 0 saturated heterocycles. The van der Waals surface area contributed by atoms with Gasteiger partial charge in [0.2, 0.25) is 0 Å². The Morgan fingerprint density at radius 1 is 1.21 bits per heavy atom. The van der Waals surface area contributed by atoms with E-state index in [0.717, 1.165) is 4.90 Å². The monoisotopic (exact) mass is 211 g/mol. The predicted octanol–water partition coefficient (Wildman–Crippen LogP) is 0.373. The quantitative estimate of drug-likeness (QED) is 0.610. The summed E-state index contributed by atoms with van der Waals surface area (Å²) in [7, 11) is 2.89. The number of amides is 1. The van der Waals surface area contributed by atoms with Crippen LogP contribution in [-0.2, 0) is 14.3 Å². The van der Waals surface area contributed by atoms with Crippen molar-refractivity contribution < 1.29 is 23.0 Å². The van der Waals surface area contributed by atoms with Crippen LogP contribution < -0.4 is 0 Å². The Kier molecular flexibility index (Phi) is 7.23. The molecule has 0 spiro atoms. The number of carbonyl (C=O) groups excluding carboxylic acids is 1. The number of ether oxygens (including phenoxy) is 2. The number of alkyl halides is 2. The van der Waals surface area contributed by atoms with Gasteiger partial charge in [-0.15, -0.1) is 0 Å². The summed E-state index contributed by atoms with van der Waals surface area (Å²) in [6.07, 6.45) is -2.97. The van der Waals surface area contributed by atoms with Crippen molar-refractivity contribution in [3.63, 3.8) is 0 Å². The Balaban J connectivity index is 4.01. The van der Waals surface area contributed by atoms with Gasteiger partial charge < -0.3 is 14.4 Å². The molecule has 0 saturated carbocycles. The molecule has 0 aromatic heterocycles. The molecule has 0 bridgehead atoms. The SMILES string of the molecule is COCCN(CCOC)C(=O)C(F)F. The van der Waals surface area contributed by atoms with Gasteiger partial charge in [0.05, 0.1) is 13.2 Å². The lowest BCUT2D eigenvalue weighted by atomic mass is 10.4. The number of carbonyl (C=O) groups is 1. The first kappa shape index (κ1) is 13.2. The second kappa shape index (κ2) is 7.64. The van der Waals surface area contributed by atoms with Gasteiger partial charge in [0.25, 0.3) is 5.91 Å². The molecule has 0 rings (SSSR count). The summed E-state index contributed by atoms with van der Waals surface area (Å²) in [6.45, 7) is 0.788. The first-order valence-electron chi connectivity index (χ1n) is 4.18. The number of halogens is 2. The molecule has 0 aromatic carbocycles. The highest BCUT2D eigenvalue weighted by Crippen LogP contribution is 2.00. The van der Waals surface area contributed by atoms with Crippen LogP contribution in [0.25, 0.3) is 0 Å². The summed E-state index contributed by atoms with van der Waals surface area (Å²) in [6, 6.07) is 0. The first-order chi connectivity index (χ1) is 6.63. The van der Waals surface area contributed by atoms with Gasteiger partial charge in [0.1, 0.15) is 0 Å². The summed E-state index contributed by atoms with van der Waals surface area (Å²) in [4.78, 5) is 11.9. The fourth-order valence-corrected chi connectivity index (χ4v) is 0.873. The van der Waals surface area contributed by atoms with Crippen molar-refractivity contribution in [1.82, 2.24) is 4.90 Å². The molecule has 0 aliphatic rings. The normalized spacial score (nSPS) is 10.6. The Morgan fingerprint density at radius 3 is 1.93 bits per heavy atom. The van der Waals surface area contributed by atoms with E-state index >= 15 is 0 Å². The van der Waals surface area contributed by atoms with E-state index in [1.54, 1.807) is 0 Å². The zero-order chi connectivity index (χ0) is 11.0. The highest BCUT2D eigenvalue weighted by Gasteiger charge is 2.22. The van der Waals surface area contributed by atoms with Gasteiger partial charge in [0, 0.05) is 27.3 Å². The summed E-state index contributed by atoms with van der Waals surface area (Å²) >= 11 is 0. The highest BCUT2D eigenvalue weighted by atomic mass is 19.3. The van der Waals surface area contributed by atoms with Crippen LogP contribution in [0.5, 0.6) is 0 Å². The first-order valence-corrected chi connectivity index (χ1v) is 4.18. The fraction of sp³-hybridized carbons (Fsp3) is 0.875. The van der Waals surface area contributed by atoms with Gasteiger partial charge >= 0.3 is 6.43 Å². The van der Waals surface area contributed by atoms with Gasteiger partial charge in [-0.2, -0.15) is 8.78 Å². The minimum absolute atomic E-state index is 0.156. The van der Waals surface area contributed by atoms with Gasteiger partial charge in [-0.25, -0.2) is 0 Å². The van der Waals surface area contributed by atoms with E-state index in [1.165, 1.54) is 14.2 Å². The maximum Gasteiger partial charge on any atom is 0.315 e. The second-order valence-corrected chi connectivity index (χ2v) is 2.61. The summed E-state index contributed by atoms with van der Waals surface area (Å²) in [5.74, 6) is -1.18. The lowest BCUT2D eigenvalue weighted by Crippen LogP contribution is -2.40. The van der Waals surface area contributed by atoms with Crippen molar-refractivity contribution in [3.05, 3.63) is 0 Å². The average Bonchev–Trinajstić information content (AvgIpc) is 2.17. The standard InChI is InChI=1S/C8H15F2NO3/c1-13-5-3-11(4-6-14-2)8(12)7(9)10/h7H,3-6H2,1-2H3. The smallest absolute Gasteiger partial charge is 0.315 e. The van der Waals surface area contributed by atoms with Gasteiger partial charge in [-0.1, -0.05) is 0 Å². The van der Waals surface area contributed by atoms with Crippen LogP contribution in [0.3, 0.4) is 0 Å². The molecule has 0 unspecified atom stereocenters. The minimum Gasteiger partial charge on any atom is -0.383 e. The molecule has 0 heterocycles. The molecule has 0 radical (unpaired) electrons. The third kappa shape index (κ3) is 5.08. The molecule has 84 valence electrons. The number of hydrogen-bond donors (Lipinski definition) is 0. The lowest BCUT2D eigenvalue weighted by molar-refractivity contribution is -0.144. The van der Waals surface area contributed by atoms with Gasteiger partial charge in [0.15, 0.2) is 0 Å². The number of hydrogen-bond acceptors (Lipinski definition) is 3. The molecular formula is C8H15F2NO3. The van der Waals surface area contributed by atoms with Crippen LogP contribution in [0.4, 0.5) is 8.78 Å². The van der Waals surface area contributed by atoms with E-state index in [9.17, 15) is 13.6 Å². The van der Waals surface area contributed by atoms with Crippen LogP contribution >= 0.6 is 0 Å². The highest BCUT2D eigenvalue weighted by molar-refractivity contribution is 5.79. The lowest BCUT2D eigenvalue weighted by Gasteiger charge is -2.21. The maximum atomic E-state index is 12.1. The van der Waals surface area contributed by atoms with E-state index in [1.807, 2.05) is 0 Å². The van der Waals surface area contributed by atoms with Crippen molar-refractivity contribution in [2.45, 2.75) is 6.43 Å². The molecule has 0 aromatic rings. The Hall–Kier alpha value is -0.750. The van der Waals surface area contributed by atoms with Crippen molar-refractivity contribution in [3.8, 4) is 0 Å². The number of methoxy groups -OCH3 is 2. The van der Waals surface area contributed by atoms with Crippen LogP contribution in [0, 0.1) is 0 Å². The van der Waals surface area contributed by atoms with E-state index in [4.69, 9.17) is 9.47 Å². The minimum atomic E-state index is -2.97. The second-order valence-electron chi connectivity index (χ2n) is 2.61. The molecule has 0 fully saturated rings. The van der Waals surface area contributed by atoms with Crippen LogP contribution in [0.2, 0.25) is 0 Å². The topological polar surface area (TPSA) is 38.8 Å². The summed E-state index contributed by atoms with van der Waals surface area (Å²) < 4.78 is 33.5. The molecule has 6 heteroatoms. The third-order valence-corrected chi connectivity index (χ3v) is 1.63. The molecule has 0 atom stereocenters. The summed E-state index contributed by atoms with van der Waals surface area (Å²) in [5, 5.41) is 0. The summed E-state index contributed by atoms with van der Waals surface area (Å²) in [5.41, 5.74) is 0. The largest absolute Gasteiger partial charge is 0.383 e. The molecule has 0 aliphatic heterocycles. The van der Waals surface area contributed by atoms with Crippen molar-refractivity contribution in [2.24, 2.45) is 0 Å². The third-order valence-electron chi connectivity index (χ3n) is 1.63. The van der Waals surface area contributed by atoms with E-state index in [-0.39, 0.29) is 26.3 Å². The zero-order valence-corrected chi connectivity index (χ0v) is 8.33. The number of rotatable bonds is 7. The molecule has 14 heavy (non-hydrogen) atoms. The molecule has 0 N–H and O–H groups in total. The average molecular weight is 211 g/mol. The Bertz CT molecular complexity index is 159. The van der Waals surface area contributed by atoms with Crippen molar-refractivity contribution in [2.75, 3.05) is 40.5 Å². The van der Waals surface area contributed by atoms with Crippen LogP contribution in [0.15, 0.2) is 0 Å². The van der Waals surface area contributed by atoms with Gasteiger partial charge in [-0.3, -0.25) is 4.79 Å². The van der Waals surface area contributed by atoms with E-state index in [2.05, 4.69) is 0 Å². The zero-order valence-electron chi connectivity index (χ0n) is 8.33. The van der Waals surface area contributed by atoms with E-state index < -0.39 is 12.3 Å². The predicted molar refractivity (Wildman–Crippen MR) is 46.3 cm³/mol. The van der Waals surface area contributed by atoms with E-state index in [0.29, 0.717) is 0 Å². The maximum absolute atomic E-state index is 12.1. The Morgan fingerprint density at radius 2 is 1.64 bits per heavy atom. The van der Waals surface area contributed by atoms with Gasteiger partial charge in [-0.05, 0) is 0 Å². The van der Waals surface area contributed by atoms with Crippen LogP contribution in [-0.4, -0.2) is 57.8 Å².